The van der Waals surface area contributed by atoms with Crippen molar-refractivity contribution in [3.8, 4) is 0 Å². The molecule has 1 N–H and O–H groups in total. The van der Waals surface area contributed by atoms with E-state index in [-0.39, 0.29) is 54.3 Å². The summed E-state index contributed by atoms with van der Waals surface area (Å²) < 4.78 is 10.5. The molecule has 188 valence electrons. The van der Waals surface area contributed by atoms with Crippen LogP contribution in [0.4, 0.5) is 0 Å². The summed E-state index contributed by atoms with van der Waals surface area (Å²) in [5.74, 6) is 0.0664. The zero-order valence-electron chi connectivity index (χ0n) is 20.0. The third-order valence-electron chi connectivity index (χ3n) is 5.34. The fourth-order valence-electron chi connectivity index (χ4n) is 3.67. The van der Waals surface area contributed by atoms with E-state index >= 15 is 0 Å². The van der Waals surface area contributed by atoms with Gasteiger partial charge in [-0.15, -0.1) is 22.6 Å². The Kier molecular flexibility index (Phi) is 13.6. The van der Waals surface area contributed by atoms with Crippen molar-refractivity contribution >= 4 is 41.8 Å². The van der Waals surface area contributed by atoms with E-state index in [1.807, 2.05) is 25.8 Å². The van der Waals surface area contributed by atoms with Crippen molar-refractivity contribution in [1.82, 2.24) is 20.4 Å². The van der Waals surface area contributed by atoms with Crippen molar-refractivity contribution in [3.63, 3.8) is 0 Å². The summed E-state index contributed by atoms with van der Waals surface area (Å²) in [6.45, 7) is 6.97. The largest absolute Gasteiger partial charge is 0.465 e. The van der Waals surface area contributed by atoms with Crippen LogP contribution in [0.15, 0.2) is 9.64 Å². The van der Waals surface area contributed by atoms with E-state index in [9.17, 15) is 14.4 Å². The molecule has 0 saturated heterocycles. The summed E-state index contributed by atoms with van der Waals surface area (Å²) >= 11 is 1.32. The first-order chi connectivity index (χ1) is 15.3. The van der Waals surface area contributed by atoms with Crippen LogP contribution in [0.1, 0.15) is 70.0 Å². The standard InChI is InChI=1S/C22H36N4O5S.ClH/c1-5-30-18(27)14-26(4)11-12-32-22-25-24-21(31-22)19(28)17(13-15(2)3)23-20(29)16-9-7-6-8-10-16;/h15-17H,5-14H2,1-4H3,(H,23,29);1H. The van der Waals surface area contributed by atoms with Crippen LogP contribution in [0.2, 0.25) is 0 Å². The van der Waals surface area contributed by atoms with Crippen LogP contribution >= 0.6 is 24.2 Å². The molecule has 0 aliphatic heterocycles. The van der Waals surface area contributed by atoms with Crippen LogP contribution in [0.3, 0.4) is 0 Å². The number of thioether (sulfide) groups is 1. The van der Waals surface area contributed by atoms with Crippen molar-refractivity contribution in [2.45, 2.75) is 70.6 Å². The first kappa shape index (κ1) is 29.4. The van der Waals surface area contributed by atoms with Gasteiger partial charge in [0.2, 0.25) is 11.7 Å². The van der Waals surface area contributed by atoms with E-state index < -0.39 is 6.04 Å². The van der Waals surface area contributed by atoms with Crippen molar-refractivity contribution < 1.29 is 23.5 Å². The lowest BCUT2D eigenvalue weighted by Crippen LogP contribution is -2.45. The number of nitrogens with one attached hydrogen (secondary N) is 1. The summed E-state index contributed by atoms with van der Waals surface area (Å²) in [7, 11) is 1.83. The number of carbonyl (C=O) groups excluding carboxylic acids is 3. The number of likely N-dealkylation sites (N-methyl/N-ethyl adjacent to an activating group) is 1. The van der Waals surface area contributed by atoms with Gasteiger partial charge in [-0.2, -0.15) is 0 Å². The molecule has 0 aromatic carbocycles. The van der Waals surface area contributed by atoms with Crippen LogP contribution in [0.5, 0.6) is 0 Å². The van der Waals surface area contributed by atoms with Gasteiger partial charge in [0.15, 0.2) is 0 Å². The second kappa shape index (κ2) is 15.3. The molecular weight excluding hydrogens is 468 g/mol. The molecule has 1 aliphatic carbocycles. The number of carbonyl (C=O) groups is 3. The van der Waals surface area contributed by atoms with Gasteiger partial charge in [0.1, 0.15) is 0 Å². The highest BCUT2D eigenvalue weighted by atomic mass is 35.5. The average molecular weight is 505 g/mol. The summed E-state index contributed by atoms with van der Waals surface area (Å²) in [5.41, 5.74) is 0. The van der Waals surface area contributed by atoms with Crippen LogP contribution in [0.25, 0.3) is 0 Å². The van der Waals surface area contributed by atoms with Gasteiger partial charge in [-0.1, -0.05) is 44.9 Å². The number of hydrogen-bond donors (Lipinski definition) is 1. The van der Waals surface area contributed by atoms with Gasteiger partial charge < -0.3 is 14.5 Å². The predicted molar refractivity (Wildman–Crippen MR) is 129 cm³/mol. The molecule has 33 heavy (non-hydrogen) atoms. The number of hydrogen-bond acceptors (Lipinski definition) is 9. The Bertz CT molecular complexity index is 755. The van der Waals surface area contributed by atoms with Crippen molar-refractivity contribution in [3.05, 3.63) is 5.89 Å². The highest BCUT2D eigenvalue weighted by molar-refractivity contribution is 7.99. The Hall–Kier alpha value is -1.65. The lowest BCUT2D eigenvalue weighted by atomic mass is 9.88. The quantitative estimate of drug-likeness (QED) is 0.245. The Labute approximate surface area is 206 Å². The molecule has 1 aliphatic rings. The van der Waals surface area contributed by atoms with E-state index in [1.54, 1.807) is 6.92 Å². The van der Waals surface area contributed by atoms with E-state index in [4.69, 9.17) is 9.15 Å². The number of ether oxygens (including phenoxy) is 1. The van der Waals surface area contributed by atoms with E-state index in [1.165, 1.54) is 18.2 Å². The number of rotatable bonds is 13. The van der Waals surface area contributed by atoms with Gasteiger partial charge in [-0.3, -0.25) is 19.3 Å². The minimum atomic E-state index is -0.668. The SMILES string of the molecule is CCOC(=O)CN(C)CCSc1nnc(C(=O)C(CC(C)C)NC(=O)C2CCCCC2)o1.Cl. The first-order valence-electron chi connectivity index (χ1n) is 11.4. The number of ketones is 1. The smallest absolute Gasteiger partial charge is 0.320 e. The molecule has 1 aromatic heterocycles. The number of Topliss-reactive ketones (excluding diaryl/α,β-unsaturated/α-hetero) is 1. The maximum atomic E-state index is 13.0. The van der Waals surface area contributed by atoms with E-state index in [2.05, 4.69) is 15.5 Å². The fourth-order valence-corrected chi connectivity index (χ4v) is 4.48. The topological polar surface area (TPSA) is 115 Å². The Balaban J connectivity index is 0.00000544. The van der Waals surface area contributed by atoms with E-state index in [0.29, 0.717) is 30.5 Å². The molecule has 1 aromatic rings. The summed E-state index contributed by atoms with van der Waals surface area (Å²) in [6.07, 6.45) is 5.54. The van der Waals surface area contributed by atoms with Crippen LogP contribution < -0.4 is 5.32 Å². The zero-order valence-corrected chi connectivity index (χ0v) is 21.6. The van der Waals surface area contributed by atoms with Gasteiger partial charge in [-0.25, -0.2) is 0 Å². The molecule has 0 bridgehead atoms. The number of nitrogens with zero attached hydrogens (tertiary/aromatic N) is 3. The highest BCUT2D eigenvalue weighted by Gasteiger charge is 2.30. The monoisotopic (exact) mass is 504 g/mol. The molecule has 11 heteroatoms. The third kappa shape index (κ3) is 10.4. The molecule has 0 radical (unpaired) electrons. The van der Waals surface area contributed by atoms with Gasteiger partial charge in [0.05, 0.1) is 19.2 Å². The lowest BCUT2D eigenvalue weighted by Gasteiger charge is -2.24. The maximum absolute atomic E-state index is 13.0. The third-order valence-corrected chi connectivity index (χ3v) is 6.13. The second-order valence-electron chi connectivity index (χ2n) is 8.65. The Morgan fingerprint density at radius 2 is 1.91 bits per heavy atom. The van der Waals surface area contributed by atoms with Gasteiger partial charge in [0, 0.05) is 18.2 Å². The Morgan fingerprint density at radius 3 is 2.55 bits per heavy atom. The maximum Gasteiger partial charge on any atom is 0.320 e. The summed E-state index contributed by atoms with van der Waals surface area (Å²) in [6, 6.07) is -0.668. The predicted octanol–water partition coefficient (Wildman–Crippen LogP) is 3.37. The number of halogens is 1. The summed E-state index contributed by atoms with van der Waals surface area (Å²) in [4.78, 5) is 39.0. The van der Waals surface area contributed by atoms with Gasteiger partial charge in [-0.05, 0) is 39.2 Å². The fraction of sp³-hybridized carbons (Fsp3) is 0.773. The average Bonchev–Trinajstić information content (AvgIpc) is 3.22. The molecule has 1 fully saturated rings. The first-order valence-corrected chi connectivity index (χ1v) is 12.4. The molecule has 1 heterocycles. The molecule has 9 nitrogen and oxygen atoms in total. The van der Waals surface area contributed by atoms with Crippen LogP contribution in [-0.2, 0) is 14.3 Å². The van der Waals surface area contributed by atoms with Crippen molar-refractivity contribution in [2.75, 3.05) is 32.5 Å². The number of amides is 1. The molecule has 0 spiro atoms. The molecule has 1 amide bonds. The molecular formula is C22H37ClN4O5S. The van der Waals surface area contributed by atoms with Gasteiger partial charge >= 0.3 is 5.97 Å². The lowest BCUT2D eigenvalue weighted by molar-refractivity contribution is -0.144. The van der Waals surface area contributed by atoms with Crippen LogP contribution in [0, 0.1) is 11.8 Å². The number of esters is 1. The highest BCUT2D eigenvalue weighted by Crippen LogP contribution is 2.24. The minimum Gasteiger partial charge on any atom is -0.465 e. The zero-order chi connectivity index (χ0) is 23.5. The van der Waals surface area contributed by atoms with Crippen LogP contribution in [-0.4, -0.2) is 71.3 Å². The molecule has 1 unspecified atom stereocenters. The van der Waals surface area contributed by atoms with Gasteiger partial charge in [0.25, 0.3) is 11.1 Å². The van der Waals surface area contributed by atoms with E-state index in [0.717, 1.165) is 25.7 Å². The summed E-state index contributed by atoms with van der Waals surface area (Å²) in [5, 5.41) is 11.1. The van der Waals surface area contributed by atoms with Crippen molar-refractivity contribution in [2.24, 2.45) is 11.8 Å². The number of aromatic nitrogens is 2. The molecule has 1 atom stereocenters. The Morgan fingerprint density at radius 1 is 1.21 bits per heavy atom. The van der Waals surface area contributed by atoms with Crippen molar-refractivity contribution in [1.29, 1.82) is 0 Å². The second-order valence-corrected chi connectivity index (χ2v) is 9.70. The minimum absolute atomic E-state index is 0. The normalized spacial score (nSPS) is 15.2. The molecule has 1 saturated carbocycles. The molecule has 2 rings (SSSR count).